The third-order valence-corrected chi connectivity index (χ3v) is 10.0. The maximum Gasteiger partial charge on any atom is 0.354 e. The molecule has 4 aromatic rings. The fraction of sp³-hybridized carbons (Fsp3) is 0.455. The number of anilines is 4. The highest BCUT2D eigenvalue weighted by atomic mass is 35.5. The Balaban J connectivity index is 0.000000198. The standard InChI is InChI=1S/C14H21N3O3.2C10H13N3O3.C10H12N2O3.ClH/c1-14(2,3)20-16-13(18)12-10-11(4-5-15-12)17-6-8-19-9-7-17;2*14-10(12-15)9-7-8(1-2-11-9)13-3-5-16-6-4-13;13-10(14)9-7-8(1-2-11-9)12-3-5-15-6-4-12;/h4-5,10H,6-9H2,1-3H3,(H,16,18);2*1-2,7,15H,3-6H2,(H,12,14);1-2,7H,3-6H2,(H,13,14);1H. The summed E-state index contributed by atoms with van der Waals surface area (Å²) in [6.45, 7) is 17.5. The number of amides is 3. The highest BCUT2D eigenvalue weighted by molar-refractivity contribution is 5.93. The predicted molar refractivity (Wildman–Crippen MR) is 250 cm³/mol. The molecule has 6 N–H and O–H groups in total. The van der Waals surface area contributed by atoms with E-state index in [1.807, 2.05) is 45.0 Å². The van der Waals surface area contributed by atoms with E-state index in [4.69, 9.17) is 39.3 Å². The van der Waals surface area contributed by atoms with E-state index in [1.54, 1.807) is 53.8 Å². The van der Waals surface area contributed by atoms with Crippen molar-refractivity contribution in [2.75, 3.05) is 125 Å². The molecule has 4 saturated heterocycles. The van der Waals surface area contributed by atoms with E-state index in [0.717, 1.165) is 75.1 Å². The first-order valence-electron chi connectivity index (χ1n) is 21.6. The molecule has 0 atom stereocenters. The summed E-state index contributed by atoms with van der Waals surface area (Å²) in [4.78, 5) is 74.4. The number of carboxylic acids is 1. The van der Waals surface area contributed by atoms with Crippen LogP contribution in [0.5, 0.6) is 0 Å². The number of pyridine rings is 4. The normalized spacial score (nSPS) is 15.8. The number of hydroxylamine groups is 3. The van der Waals surface area contributed by atoms with Gasteiger partial charge in [-0.1, -0.05) is 0 Å². The highest BCUT2D eigenvalue weighted by Gasteiger charge is 2.19. The van der Waals surface area contributed by atoms with Crippen LogP contribution in [-0.2, 0) is 23.8 Å². The molecule has 0 unspecified atom stereocenters. The van der Waals surface area contributed by atoms with Crippen molar-refractivity contribution in [3.8, 4) is 0 Å². The van der Waals surface area contributed by atoms with Crippen molar-refractivity contribution in [2.24, 2.45) is 0 Å². The average Bonchev–Trinajstić information content (AvgIpc) is 3.39. The van der Waals surface area contributed by atoms with Crippen LogP contribution in [0.3, 0.4) is 0 Å². The molecular formula is C44H60ClN11O12. The first kappa shape index (κ1) is 54.3. The number of carbonyl (C=O) groups excluding carboxylic acids is 3. The van der Waals surface area contributed by atoms with Gasteiger partial charge in [-0.3, -0.25) is 44.6 Å². The van der Waals surface area contributed by atoms with Crippen LogP contribution in [0.25, 0.3) is 0 Å². The summed E-state index contributed by atoms with van der Waals surface area (Å²) >= 11 is 0. The van der Waals surface area contributed by atoms with Crippen LogP contribution in [0.2, 0.25) is 0 Å². The minimum atomic E-state index is -0.995. The van der Waals surface area contributed by atoms with Crippen molar-refractivity contribution < 1.29 is 58.5 Å². The van der Waals surface area contributed by atoms with Gasteiger partial charge in [0.2, 0.25) is 0 Å². The second kappa shape index (κ2) is 28.1. The van der Waals surface area contributed by atoms with Gasteiger partial charge in [-0.15, -0.1) is 12.4 Å². The van der Waals surface area contributed by atoms with Crippen LogP contribution < -0.4 is 36.0 Å². The van der Waals surface area contributed by atoms with Gasteiger partial charge < -0.3 is 43.7 Å². The lowest BCUT2D eigenvalue weighted by Crippen LogP contribution is -2.37. The number of carbonyl (C=O) groups is 4. The predicted octanol–water partition coefficient (Wildman–Crippen LogP) is 2.49. The molecule has 0 saturated carbocycles. The number of hydrogen-bond donors (Lipinski definition) is 6. The first-order valence-corrected chi connectivity index (χ1v) is 21.6. The molecule has 8 heterocycles. The number of morpholine rings is 4. The Bertz CT molecular complexity index is 2130. The number of aromatic nitrogens is 4. The fourth-order valence-electron chi connectivity index (χ4n) is 6.61. The molecule has 0 aliphatic carbocycles. The molecule has 0 spiro atoms. The van der Waals surface area contributed by atoms with E-state index in [2.05, 4.69) is 45.0 Å². The summed E-state index contributed by atoms with van der Waals surface area (Å²) in [7, 11) is 0. The minimum Gasteiger partial charge on any atom is -0.477 e. The minimum absolute atomic E-state index is 0. The number of nitrogens with one attached hydrogen (secondary N) is 3. The average molecular weight is 970 g/mol. The number of carboxylic acid groups (broad SMARTS) is 1. The number of rotatable bonds is 9. The van der Waals surface area contributed by atoms with Gasteiger partial charge in [0.25, 0.3) is 17.7 Å². The number of aromatic carboxylic acids is 1. The maximum atomic E-state index is 12.0. The summed E-state index contributed by atoms with van der Waals surface area (Å²) in [5, 5.41) is 25.8. The van der Waals surface area contributed by atoms with E-state index in [1.165, 1.54) is 6.20 Å². The van der Waals surface area contributed by atoms with Crippen LogP contribution in [-0.4, -0.2) is 170 Å². The van der Waals surface area contributed by atoms with Gasteiger partial charge in [-0.25, -0.2) is 26.2 Å². The molecule has 68 heavy (non-hydrogen) atoms. The Hall–Kier alpha value is -6.31. The molecule has 24 heteroatoms. The summed E-state index contributed by atoms with van der Waals surface area (Å²) in [5.74, 6) is -2.54. The molecule has 4 fully saturated rings. The highest BCUT2D eigenvalue weighted by Crippen LogP contribution is 2.19. The zero-order valence-electron chi connectivity index (χ0n) is 38.2. The van der Waals surface area contributed by atoms with E-state index >= 15 is 0 Å². The number of halogens is 1. The Morgan fingerprint density at radius 3 is 1.03 bits per heavy atom. The monoisotopic (exact) mass is 969 g/mol. The van der Waals surface area contributed by atoms with E-state index in [9.17, 15) is 19.2 Å². The summed E-state index contributed by atoms with van der Waals surface area (Å²) < 4.78 is 21.0. The van der Waals surface area contributed by atoms with E-state index in [0.29, 0.717) is 58.5 Å². The number of hydrogen-bond acceptors (Lipinski definition) is 19. The van der Waals surface area contributed by atoms with Crippen LogP contribution in [0, 0.1) is 0 Å². The summed E-state index contributed by atoms with van der Waals surface area (Å²) in [6.07, 6.45) is 6.26. The third-order valence-electron chi connectivity index (χ3n) is 10.0. The maximum absolute atomic E-state index is 12.0. The molecule has 4 aromatic heterocycles. The van der Waals surface area contributed by atoms with Crippen LogP contribution in [0.15, 0.2) is 73.3 Å². The molecule has 3 amide bonds. The first-order chi connectivity index (χ1) is 32.3. The molecular weight excluding hydrogens is 910 g/mol. The Morgan fingerprint density at radius 1 is 0.500 bits per heavy atom. The van der Waals surface area contributed by atoms with Crippen LogP contribution >= 0.6 is 12.4 Å². The zero-order chi connectivity index (χ0) is 48.0. The van der Waals surface area contributed by atoms with E-state index < -0.39 is 23.4 Å². The topological polar surface area (TPSA) is 276 Å². The number of ether oxygens (including phenoxy) is 4. The van der Waals surface area contributed by atoms with Gasteiger partial charge in [-0.2, -0.15) is 0 Å². The lowest BCUT2D eigenvalue weighted by molar-refractivity contribution is -0.0591. The van der Waals surface area contributed by atoms with Crippen molar-refractivity contribution in [1.29, 1.82) is 0 Å². The fourth-order valence-corrected chi connectivity index (χ4v) is 6.61. The second-order valence-corrected chi connectivity index (χ2v) is 15.8. The lowest BCUT2D eigenvalue weighted by atomic mass is 10.2. The molecule has 8 rings (SSSR count). The molecule has 370 valence electrons. The Morgan fingerprint density at radius 2 is 0.765 bits per heavy atom. The second-order valence-electron chi connectivity index (χ2n) is 15.8. The lowest BCUT2D eigenvalue weighted by Gasteiger charge is -2.28. The summed E-state index contributed by atoms with van der Waals surface area (Å²) in [6, 6.07) is 14.0. The Kier molecular flexibility index (Phi) is 22.5. The summed E-state index contributed by atoms with van der Waals surface area (Å²) in [5.41, 5.74) is 9.65. The quantitative estimate of drug-likeness (QED) is 0.104. The number of nitrogens with zero attached hydrogens (tertiary/aromatic N) is 8. The van der Waals surface area contributed by atoms with Gasteiger partial charge in [0.05, 0.1) is 58.5 Å². The SMILES string of the molecule is CC(C)(C)ONC(=O)c1cc(N2CCOCC2)ccn1.Cl.O=C(NO)c1cc(N2CCOCC2)ccn1.O=C(NO)c1cc(N2CCOCC2)ccn1.O=C(O)c1cc(N2CCOCC2)ccn1. The van der Waals surface area contributed by atoms with Gasteiger partial charge in [-0.05, 0) is 69.3 Å². The van der Waals surface area contributed by atoms with Gasteiger partial charge in [0, 0.05) is 99.9 Å². The van der Waals surface area contributed by atoms with Crippen LogP contribution in [0.4, 0.5) is 22.7 Å². The van der Waals surface area contributed by atoms with Crippen molar-refractivity contribution in [3.63, 3.8) is 0 Å². The van der Waals surface area contributed by atoms with Crippen LogP contribution in [0.1, 0.15) is 62.7 Å². The van der Waals surface area contributed by atoms with Gasteiger partial charge in [0.1, 0.15) is 22.8 Å². The van der Waals surface area contributed by atoms with Gasteiger partial charge >= 0.3 is 5.97 Å². The van der Waals surface area contributed by atoms with E-state index in [-0.39, 0.29) is 35.4 Å². The van der Waals surface area contributed by atoms with Crippen molar-refractivity contribution in [1.82, 2.24) is 36.4 Å². The molecule has 4 aliphatic heterocycles. The molecule has 0 bridgehead atoms. The Labute approximate surface area is 400 Å². The van der Waals surface area contributed by atoms with Crippen molar-refractivity contribution >= 4 is 58.8 Å². The molecule has 4 aliphatic rings. The molecule has 0 aromatic carbocycles. The largest absolute Gasteiger partial charge is 0.477 e. The van der Waals surface area contributed by atoms with Gasteiger partial charge in [0.15, 0.2) is 0 Å². The third kappa shape index (κ3) is 17.7. The van der Waals surface area contributed by atoms with Crippen molar-refractivity contribution in [3.05, 3.63) is 96.1 Å². The zero-order valence-corrected chi connectivity index (χ0v) is 39.1. The molecule has 23 nitrogen and oxygen atoms in total. The smallest absolute Gasteiger partial charge is 0.354 e. The van der Waals surface area contributed by atoms with Crippen molar-refractivity contribution in [2.45, 2.75) is 26.4 Å². The molecule has 0 radical (unpaired) electrons.